The highest BCUT2D eigenvalue weighted by Gasteiger charge is 2.16. The number of rotatable bonds is 5. The fourth-order valence-electron chi connectivity index (χ4n) is 2.96. The lowest BCUT2D eigenvalue weighted by atomic mass is 10.2. The first-order chi connectivity index (χ1) is 15.1. The quantitative estimate of drug-likeness (QED) is 0.273. The Labute approximate surface area is 182 Å². The second-order valence-corrected chi connectivity index (χ2v) is 8.31. The Morgan fingerprint density at radius 1 is 0.968 bits per heavy atom. The number of thioether (sulfide) groups is 1. The highest BCUT2D eigenvalue weighted by atomic mass is 32.2. The van der Waals surface area contributed by atoms with Crippen molar-refractivity contribution in [2.24, 2.45) is 0 Å². The summed E-state index contributed by atoms with van der Waals surface area (Å²) in [6, 6.07) is 13.2. The first-order valence-corrected chi connectivity index (χ1v) is 10.9. The van der Waals surface area contributed by atoms with Crippen LogP contribution < -0.4 is 5.56 Å². The fraction of sp³-hybridized carbons (Fsp3) is 0.0476. The number of benzene rings is 2. The van der Waals surface area contributed by atoms with E-state index in [0.29, 0.717) is 38.3 Å². The maximum absolute atomic E-state index is 13.4. The van der Waals surface area contributed by atoms with Crippen LogP contribution in [0.4, 0.5) is 8.78 Å². The number of hydrogen-bond acceptors (Lipinski definition) is 7. The Kier molecular flexibility index (Phi) is 5.08. The number of nitrogens with zero attached hydrogens (tertiary/aromatic N) is 4. The molecule has 0 saturated heterocycles. The zero-order chi connectivity index (χ0) is 21.4. The summed E-state index contributed by atoms with van der Waals surface area (Å²) in [7, 11) is 0. The molecule has 10 heteroatoms. The van der Waals surface area contributed by atoms with E-state index >= 15 is 0 Å². The molecule has 154 valence electrons. The molecule has 0 aliphatic heterocycles. The highest BCUT2D eigenvalue weighted by molar-refractivity contribution is 7.98. The Bertz CT molecular complexity index is 1430. The van der Waals surface area contributed by atoms with Crippen molar-refractivity contribution in [3.05, 3.63) is 87.9 Å². The molecule has 0 amide bonds. The maximum atomic E-state index is 13.4. The summed E-state index contributed by atoms with van der Waals surface area (Å²) >= 11 is 2.55. The van der Waals surface area contributed by atoms with Gasteiger partial charge in [0.1, 0.15) is 16.3 Å². The Morgan fingerprint density at radius 3 is 2.42 bits per heavy atom. The van der Waals surface area contributed by atoms with Crippen LogP contribution in [-0.4, -0.2) is 19.7 Å². The summed E-state index contributed by atoms with van der Waals surface area (Å²) < 4.78 is 33.8. The van der Waals surface area contributed by atoms with Crippen LogP contribution in [0.15, 0.2) is 74.5 Å². The van der Waals surface area contributed by atoms with Gasteiger partial charge in [0.2, 0.25) is 11.7 Å². The summed E-state index contributed by atoms with van der Waals surface area (Å²) in [5, 5.41) is 6.15. The van der Waals surface area contributed by atoms with Gasteiger partial charge in [-0.25, -0.2) is 13.8 Å². The molecule has 0 unspecified atom stereocenters. The predicted molar refractivity (Wildman–Crippen MR) is 114 cm³/mol. The average Bonchev–Trinajstić information content (AvgIpc) is 3.44. The molecule has 0 atom stereocenters. The summed E-state index contributed by atoms with van der Waals surface area (Å²) in [6.07, 6.45) is 0. The van der Waals surface area contributed by atoms with Gasteiger partial charge in [-0.05, 0) is 60.0 Å². The van der Waals surface area contributed by atoms with Crippen LogP contribution in [0.5, 0.6) is 0 Å². The summed E-state index contributed by atoms with van der Waals surface area (Å²) in [4.78, 5) is 22.0. The standard InChI is InChI=1S/C21H12F2N4O2S2/c22-13-3-1-12(2-4-13)19-25-17(29-26-19)11-31-21-24-16-9-10-30-18(16)20(28)27(21)15-7-5-14(23)6-8-15/h1-10H,11H2. The van der Waals surface area contributed by atoms with Gasteiger partial charge in [-0.3, -0.25) is 9.36 Å². The third-order valence-electron chi connectivity index (χ3n) is 4.43. The molecule has 0 radical (unpaired) electrons. The van der Waals surface area contributed by atoms with Crippen molar-refractivity contribution in [1.82, 2.24) is 19.7 Å². The Hall–Kier alpha value is -3.37. The van der Waals surface area contributed by atoms with Crippen LogP contribution in [0.3, 0.4) is 0 Å². The van der Waals surface area contributed by atoms with Crippen LogP contribution >= 0.6 is 23.1 Å². The lowest BCUT2D eigenvalue weighted by Crippen LogP contribution is -2.20. The molecule has 0 bridgehead atoms. The average molecular weight is 454 g/mol. The summed E-state index contributed by atoms with van der Waals surface area (Å²) in [6.45, 7) is 0. The third-order valence-corrected chi connectivity index (χ3v) is 6.24. The SMILES string of the molecule is O=c1c2sccc2nc(SCc2nc(-c3ccc(F)cc3)no2)n1-c1ccc(F)cc1. The van der Waals surface area contributed by atoms with Crippen LogP contribution in [0.25, 0.3) is 27.3 Å². The number of thiophene rings is 1. The van der Waals surface area contributed by atoms with E-state index in [2.05, 4.69) is 15.1 Å². The molecule has 0 fully saturated rings. The van der Waals surface area contributed by atoms with Crippen molar-refractivity contribution in [2.75, 3.05) is 0 Å². The number of fused-ring (bicyclic) bond motifs is 1. The van der Waals surface area contributed by atoms with Crippen molar-refractivity contribution >= 4 is 33.3 Å². The van der Waals surface area contributed by atoms with E-state index in [1.165, 1.54) is 64.1 Å². The number of aromatic nitrogens is 4. The molecule has 6 nitrogen and oxygen atoms in total. The molecule has 31 heavy (non-hydrogen) atoms. The van der Waals surface area contributed by atoms with Gasteiger partial charge in [-0.1, -0.05) is 16.9 Å². The normalized spacial score (nSPS) is 11.3. The minimum absolute atomic E-state index is 0.230. The zero-order valence-corrected chi connectivity index (χ0v) is 17.3. The summed E-state index contributed by atoms with van der Waals surface area (Å²) in [5.41, 5.74) is 1.50. The van der Waals surface area contributed by atoms with Crippen molar-refractivity contribution < 1.29 is 13.3 Å². The molecule has 5 aromatic rings. The lowest BCUT2D eigenvalue weighted by Gasteiger charge is -2.11. The smallest absolute Gasteiger partial charge is 0.276 e. The summed E-state index contributed by atoms with van der Waals surface area (Å²) in [5.74, 6) is 0.187. The largest absolute Gasteiger partial charge is 0.338 e. The zero-order valence-electron chi connectivity index (χ0n) is 15.7. The van der Waals surface area contributed by atoms with E-state index in [4.69, 9.17) is 4.52 Å². The van der Waals surface area contributed by atoms with Crippen molar-refractivity contribution in [2.45, 2.75) is 10.9 Å². The fourth-order valence-corrected chi connectivity index (χ4v) is 4.57. The first-order valence-electron chi connectivity index (χ1n) is 9.06. The molecule has 0 aliphatic rings. The van der Waals surface area contributed by atoms with Gasteiger partial charge in [-0.15, -0.1) is 11.3 Å². The van der Waals surface area contributed by atoms with E-state index in [0.717, 1.165) is 0 Å². The Balaban J connectivity index is 1.48. The van der Waals surface area contributed by atoms with E-state index in [-0.39, 0.29) is 17.1 Å². The van der Waals surface area contributed by atoms with Crippen molar-refractivity contribution in [1.29, 1.82) is 0 Å². The highest BCUT2D eigenvalue weighted by Crippen LogP contribution is 2.26. The van der Waals surface area contributed by atoms with Gasteiger partial charge in [0.15, 0.2) is 5.16 Å². The second-order valence-electron chi connectivity index (χ2n) is 6.45. The molecule has 0 saturated carbocycles. The monoisotopic (exact) mass is 454 g/mol. The maximum Gasteiger partial charge on any atom is 0.276 e. The molecular weight excluding hydrogens is 442 g/mol. The molecule has 3 heterocycles. The van der Waals surface area contributed by atoms with Crippen LogP contribution in [0, 0.1) is 11.6 Å². The van der Waals surface area contributed by atoms with Gasteiger partial charge in [0.05, 0.1) is 17.0 Å². The molecule has 0 aliphatic carbocycles. The molecule has 2 aromatic carbocycles. The van der Waals surface area contributed by atoms with E-state index in [1.54, 1.807) is 23.6 Å². The minimum Gasteiger partial charge on any atom is -0.338 e. The lowest BCUT2D eigenvalue weighted by molar-refractivity contribution is 0.391. The van der Waals surface area contributed by atoms with Gasteiger partial charge in [0, 0.05) is 5.56 Å². The van der Waals surface area contributed by atoms with Gasteiger partial charge in [0.25, 0.3) is 5.56 Å². The minimum atomic E-state index is -0.393. The topological polar surface area (TPSA) is 73.8 Å². The molecular formula is C21H12F2N4O2S2. The van der Waals surface area contributed by atoms with Crippen LogP contribution in [0.2, 0.25) is 0 Å². The van der Waals surface area contributed by atoms with E-state index in [9.17, 15) is 13.6 Å². The van der Waals surface area contributed by atoms with Gasteiger partial charge < -0.3 is 4.52 Å². The molecule has 3 aromatic heterocycles. The van der Waals surface area contributed by atoms with Crippen molar-refractivity contribution in [3.63, 3.8) is 0 Å². The predicted octanol–water partition coefficient (Wildman–Crippen LogP) is 5.07. The molecule has 0 N–H and O–H groups in total. The third kappa shape index (κ3) is 3.87. The van der Waals surface area contributed by atoms with Crippen molar-refractivity contribution in [3.8, 4) is 17.1 Å². The molecule has 5 rings (SSSR count). The van der Waals surface area contributed by atoms with Crippen LogP contribution in [0.1, 0.15) is 5.89 Å². The van der Waals surface area contributed by atoms with E-state index in [1.807, 2.05) is 0 Å². The first kappa shape index (κ1) is 19.6. The number of hydrogen-bond donors (Lipinski definition) is 0. The number of halogens is 2. The second kappa shape index (κ2) is 8.05. The van der Waals surface area contributed by atoms with Gasteiger partial charge >= 0.3 is 0 Å². The van der Waals surface area contributed by atoms with Crippen LogP contribution in [-0.2, 0) is 5.75 Å². The Morgan fingerprint density at radius 2 is 1.68 bits per heavy atom. The van der Waals surface area contributed by atoms with E-state index < -0.39 is 5.82 Å². The molecule has 0 spiro atoms. The van der Waals surface area contributed by atoms with Gasteiger partial charge in [-0.2, -0.15) is 4.98 Å².